The highest BCUT2D eigenvalue weighted by atomic mass is 16.3. The molecule has 0 unspecified atom stereocenters. The third-order valence-corrected chi connectivity index (χ3v) is 3.65. The summed E-state index contributed by atoms with van der Waals surface area (Å²) in [6.45, 7) is 6.65. The number of likely N-dealkylation sites (N-methyl/N-ethyl adjacent to an activating group) is 1. The lowest BCUT2D eigenvalue weighted by molar-refractivity contribution is 0.185. The van der Waals surface area contributed by atoms with Crippen molar-refractivity contribution in [2.45, 2.75) is 32.9 Å². The molecule has 0 amide bonds. The fourth-order valence-electron chi connectivity index (χ4n) is 2.67. The smallest absolute Gasteiger partial charge is 0.134 e. The summed E-state index contributed by atoms with van der Waals surface area (Å²) >= 11 is 0. The van der Waals surface area contributed by atoms with Crippen molar-refractivity contribution in [3.8, 4) is 0 Å². The molecule has 0 N–H and O–H groups in total. The zero-order valence-corrected chi connectivity index (χ0v) is 9.86. The molecule has 0 radical (unpaired) electrons. The molecule has 0 saturated heterocycles. The molecule has 0 bridgehead atoms. The van der Waals surface area contributed by atoms with Gasteiger partial charge in [0.2, 0.25) is 0 Å². The molecule has 0 fully saturated rings. The molecule has 2 heterocycles. The number of hydrogen-bond donors (Lipinski definition) is 0. The Morgan fingerprint density at radius 2 is 2.19 bits per heavy atom. The van der Waals surface area contributed by atoms with Crippen molar-refractivity contribution in [2.75, 3.05) is 6.54 Å². The second-order valence-electron chi connectivity index (χ2n) is 4.62. The van der Waals surface area contributed by atoms with Crippen LogP contribution < -0.4 is 0 Å². The van der Waals surface area contributed by atoms with E-state index in [1.807, 2.05) is 6.07 Å². The van der Waals surface area contributed by atoms with Crippen molar-refractivity contribution >= 4 is 11.0 Å². The van der Waals surface area contributed by atoms with Crippen LogP contribution in [0.15, 0.2) is 28.7 Å². The van der Waals surface area contributed by atoms with Crippen molar-refractivity contribution in [3.63, 3.8) is 0 Å². The topological polar surface area (TPSA) is 16.4 Å². The standard InChI is InChI=1S/C14H17NO/c1-3-15-9-12-11-6-4-5-7-13(11)16-14(12)8-10(15)2/h4-7,10H,3,8-9H2,1-2H3/t10-/m0/s1. The van der Waals surface area contributed by atoms with Gasteiger partial charge >= 0.3 is 0 Å². The maximum absolute atomic E-state index is 5.93. The molecule has 0 aliphatic carbocycles. The van der Waals surface area contributed by atoms with E-state index in [0.717, 1.165) is 25.1 Å². The summed E-state index contributed by atoms with van der Waals surface area (Å²) < 4.78 is 5.93. The van der Waals surface area contributed by atoms with Crippen LogP contribution in [-0.4, -0.2) is 17.5 Å². The van der Waals surface area contributed by atoms with Crippen LogP contribution in [0.5, 0.6) is 0 Å². The summed E-state index contributed by atoms with van der Waals surface area (Å²) in [4.78, 5) is 2.50. The molecule has 1 atom stereocenters. The minimum absolute atomic E-state index is 0.595. The van der Waals surface area contributed by atoms with E-state index in [2.05, 4.69) is 36.9 Å². The lowest BCUT2D eigenvalue weighted by Gasteiger charge is -2.31. The summed E-state index contributed by atoms with van der Waals surface area (Å²) in [6.07, 6.45) is 1.04. The van der Waals surface area contributed by atoms with Gasteiger partial charge in [0.25, 0.3) is 0 Å². The Kier molecular flexibility index (Phi) is 2.25. The zero-order chi connectivity index (χ0) is 11.1. The van der Waals surface area contributed by atoms with Gasteiger partial charge in [-0.15, -0.1) is 0 Å². The minimum Gasteiger partial charge on any atom is -0.461 e. The normalized spacial score (nSPS) is 21.2. The Bertz CT molecular complexity index is 514. The van der Waals surface area contributed by atoms with E-state index in [9.17, 15) is 0 Å². The summed E-state index contributed by atoms with van der Waals surface area (Å²) in [5.74, 6) is 1.19. The molecule has 0 saturated carbocycles. The van der Waals surface area contributed by atoms with Crippen molar-refractivity contribution in [1.29, 1.82) is 0 Å². The molecule has 1 aliphatic heterocycles. The third kappa shape index (κ3) is 1.37. The first-order chi connectivity index (χ1) is 7.79. The van der Waals surface area contributed by atoms with E-state index in [1.165, 1.54) is 16.7 Å². The molecular weight excluding hydrogens is 198 g/mol. The monoisotopic (exact) mass is 215 g/mol. The van der Waals surface area contributed by atoms with E-state index in [-0.39, 0.29) is 0 Å². The van der Waals surface area contributed by atoms with Crippen LogP contribution in [0.25, 0.3) is 11.0 Å². The predicted molar refractivity (Wildman–Crippen MR) is 65.5 cm³/mol. The quantitative estimate of drug-likeness (QED) is 0.726. The van der Waals surface area contributed by atoms with Gasteiger partial charge in [-0.1, -0.05) is 25.1 Å². The Labute approximate surface area is 95.9 Å². The Morgan fingerprint density at radius 1 is 1.38 bits per heavy atom. The summed E-state index contributed by atoms with van der Waals surface area (Å²) in [6, 6.07) is 8.96. The van der Waals surface area contributed by atoms with Crippen LogP contribution in [-0.2, 0) is 13.0 Å². The van der Waals surface area contributed by atoms with Gasteiger partial charge in [-0.3, -0.25) is 4.90 Å². The second kappa shape index (κ2) is 3.63. The number of rotatable bonds is 1. The van der Waals surface area contributed by atoms with Crippen molar-refractivity contribution in [3.05, 3.63) is 35.6 Å². The van der Waals surface area contributed by atoms with E-state index in [4.69, 9.17) is 4.42 Å². The van der Waals surface area contributed by atoms with E-state index in [0.29, 0.717) is 6.04 Å². The first kappa shape index (κ1) is 9.91. The molecule has 16 heavy (non-hydrogen) atoms. The second-order valence-corrected chi connectivity index (χ2v) is 4.62. The average Bonchev–Trinajstić information content (AvgIpc) is 2.65. The first-order valence-corrected chi connectivity index (χ1v) is 6.03. The van der Waals surface area contributed by atoms with Crippen LogP contribution in [0.3, 0.4) is 0 Å². The molecule has 1 aliphatic rings. The number of fused-ring (bicyclic) bond motifs is 3. The first-order valence-electron chi connectivity index (χ1n) is 6.03. The summed E-state index contributed by atoms with van der Waals surface area (Å²) in [7, 11) is 0. The minimum atomic E-state index is 0.595. The predicted octanol–water partition coefficient (Wildman–Crippen LogP) is 3.20. The van der Waals surface area contributed by atoms with E-state index in [1.54, 1.807) is 0 Å². The molecule has 84 valence electrons. The number of para-hydroxylation sites is 1. The lowest BCUT2D eigenvalue weighted by atomic mass is 10.00. The van der Waals surface area contributed by atoms with Crippen LogP contribution in [0, 0.1) is 0 Å². The Hall–Kier alpha value is -1.28. The van der Waals surface area contributed by atoms with E-state index >= 15 is 0 Å². The molecule has 0 spiro atoms. The van der Waals surface area contributed by atoms with Gasteiger partial charge in [-0.25, -0.2) is 0 Å². The van der Waals surface area contributed by atoms with E-state index < -0.39 is 0 Å². The fraction of sp³-hybridized carbons (Fsp3) is 0.429. The maximum atomic E-state index is 5.93. The zero-order valence-electron chi connectivity index (χ0n) is 9.86. The Balaban J connectivity index is 2.13. The van der Waals surface area contributed by atoms with Crippen molar-refractivity contribution < 1.29 is 4.42 Å². The highest BCUT2D eigenvalue weighted by Crippen LogP contribution is 2.32. The molecule has 2 nitrogen and oxygen atoms in total. The molecule has 3 rings (SSSR count). The van der Waals surface area contributed by atoms with Gasteiger partial charge in [0, 0.05) is 30.0 Å². The van der Waals surface area contributed by atoms with Gasteiger partial charge in [0.05, 0.1) is 0 Å². The van der Waals surface area contributed by atoms with Crippen LogP contribution in [0.2, 0.25) is 0 Å². The van der Waals surface area contributed by atoms with Crippen molar-refractivity contribution in [2.24, 2.45) is 0 Å². The molecular formula is C14H17NO. The molecule has 2 aromatic rings. The average molecular weight is 215 g/mol. The summed E-state index contributed by atoms with van der Waals surface area (Å²) in [5, 5.41) is 1.29. The molecule has 2 heteroatoms. The molecule has 1 aromatic carbocycles. The number of benzene rings is 1. The highest BCUT2D eigenvalue weighted by molar-refractivity contribution is 5.82. The van der Waals surface area contributed by atoms with Gasteiger partial charge in [0.1, 0.15) is 11.3 Å². The number of furan rings is 1. The highest BCUT2D eigenvalue weighted by Gasteiger charge is 2.26. The Morgan fingerprint density at radius 3 is 3.00 bits per heavy atom. The van der Waals surface area contributed by atoms with Crippen LogP contribution in [0.1, 0.15) is 25.2 Å². The molecule has 1 aromatic heterocycles. The largest absolute Gasteiger partial charge is 0.461 e. The number of nitrogens with zero attached hydrogens (tertiary/aromatic N) is 1. The van der Waals surface area contributed by atoms with Gasteiger partial charge in [0.15, 0.2) is 0 Å². The fourth-order valence-corrected chi connectivity index (χ4v) is 2.67. The maximum Gasteiger partial charge on any atom is 0.134 e. The van der Waals surface area contributed by atoms with Gasteiger partial charge < -0.3 is 4.42 Å². The SMILES string of the molecule is CCN1Cc2c(oc3ccccc23)C[C@@H]1C. The third-order valence-electron chi connectivity index (χ3n) is 3.65. The number of hydrogen-bond acceptors (Lipinski definition) is 2. The van der Waals surface area contributed by atoms with Gasteiger partial charge in [-0.2, -0.15) is 0 Å². The van der Waals surface area contributed by atoms with Crippen LogP contribution in [0.4, 0.5) is 0 Å². The van der Waals surface area contributed by atoms with Gasteiger partial charge in [-0.05, 0) is 19.5 Å². The van der Waals surface area contributed by atoms with Crippen LogP contribution >= 0.6 is 0 Å². The lowest BCUT2D eigenvalue weighted by Crippen LogP contribution is -2.37. The summed E-state index contributed by atoms with van der Waals surface area (Å²) in [5.41, 5.74) is 2.44. The van der Waals surface area contributed by atoms with Crippen molar-refractivity contribution in [1.82, 2.24) is 4.90 Å².